The number of ether oxygens (including phenoxy) is 1. The van der Waals surface area contributed by atoms with E-state index >= 15 is 0 Å². The number of rotatable bonds is 6. The van der Waals surface area contributed by atoms with Crippen LogP contribution in [0, 0.1) is 0 Å². The summed E-state index contributed by atoms with van der Waals surface area (Å²) in [5.41, 5.74) is 1.94. The highest BCUT2D eigenvalue weighted by Gasteiger charge is 2.12. The van der Waals surface area contributed by atoms with Crippen LogP contribution < -0.4 is 5.32 Å². The average Bonchev–Trinajstić information content (AvgIpc) is 2.65. The second-order valence-electron chi connectivity index (χ2n) is 6.40. The maximum absolute atomic E-state index is 12.2. The van der Waals surface area contributed by atoms with Gasteiger partial charge in [-0.25, -0.2) is 0 Å². The molecule has 1 N–H and O–H groups in total. The lowest BCUT2D eigenvalue weighted by Crippen LogP contribution is -2.40. The molecule has 1 aromatic heterocycles. The summed E-state index contributed by atoms with van der Waals surface area (Å²) in [6.45, 7) is 6.62. The molecule has 1 amide bonds. The lowest BCUT2D eigenvalue weighted by molar-refractivity contribution is -0.117. The number of benzene rings is 1. The lowest BCUT2D eigenvalue weighted by Gasteiger charge is -2.27. The molecule has 0 saturated carbocycles. The molecule has 3 rings (SSSR count). The molecule has 0 bridgehead atoms. The van der Waals surface area contributed by atoms with E-state index in [-0.39, 0.29) is 11.9 Å². The maximum Gasteiger partial charge on any atom is 0.244 e. The van der Waals surface area contributed by atoms with Crippen LogP contribution in [0.1, 0.15) is 18.9 Å². The van der Waals surface area contributed by atoms with Crippen molar-refractivity contribution in [3.63, 3.8) is 0 Å². The van der Waals surface area contributed by atoms with Gasteiger partial charge in [0.25, 0.3) is 0 Å². The van der Waals surface area contributed by atoms with Gasteiger partial charge in [0.1, 0.15) is 0 Å². The smallest absolute Gasteiger partial charge is 0.244 e. The molecular weight excluding hydrogens is 314 g/mol. The van der Waals surface area contributed by atoms with E-state index in [4.69, 9.17) is 4.74 Å². The van der Waals surface area contributed by atoms with Crippen molar-refractivity contribution < 1.29 is 9.53 Å². The predicted octanol–water partition coefficient (Wildman–Crippen LogP) is 2.47. The first-order valence-corrected chi connectivity index (χ1v) is 8.85. The van der Waals surface area contributed by atoms with Crippen LogP contribution in [0.2, 0.25) is 0 Å². The van der Waals surface area contributed by atoms with Crippen LogP contribution in [0.15, 0.2) is 42.6 Å². The molecule has 25 heavy (non-hydrogen) atoms. The second-order valence-corrected chi connectivity index (χ2v) is 6.40. The number of pyridine rings is 1. The lowest BCUT2D eigenvalue weighted by atomic mass is 10.1. The number of nitrogens with one attached hydrogen (secondary N) is 1. The van der Waals surface area contributed by atoms with E-state index in [2.05, 4.69) is 15.2 Å². The van der Waals surface area contributed by atoms with Crippen LogP contribution in [-0.2, 0) is 9.53 Å². The summed E-state index contributed by atoms with van der Waals surface area (Å²) < 4.78 is 5.35. The summed E-state index contributed by atoms with van der Waals surface area (Å²) in [4.78, 5) is 18.9. The summed E-state index contributed by atoms with van der Waals surface area (Å²) >= 11 is 0. The third-order valence-corrected chi connectivity index (χ3v) is 4.47. The Bertz CT molecular complexity index is 733. The Balaban J connectivity index is 1.51. The van der Waals surface area contributed by atoms with E-state index < -0.39 is 0 Å². The van der Waals surface area contributed by atoms with Crippen molar-refractivity contribution >= 4 is 22.9 Å². The van der Waals surface area contributed by atoms with Crippen molar-refractivity contribution in [1.29, 1.82) is 0 Å². The molecule has 2 heterocycles. The number of morpholine rings is 1. The third-order valence-electron chi connectivity index (χ3n) is 4.47. The molecule has 5 nitrogen and oxygen atoms in total. The monoisotopic (exact) mass is 339 g/mol. The fraction of sp³-hybridized carbons (Fsp3) is 0.400. The number of hydrogen-bond donors (Lipinski definition) is 1. The molecule has 0 aliphatic carbocycles. The van der Waals surface area contributed by atoms with Gasteiger partial charge in [0.15, 0.2) is 0 Å². The normalized spacial score (nSPS) is 17.0. The first kappa shape index (κ1) is 17.6. The van der Waals surface area contributed by atoms with Gasteiger partial charge >= 0.3 is 0 Å². The molecule has 0 radical (unpaired) electrons. The molecule has 0 spiro atoms. The molecule has 1 fully saturated rings. The number of carbonyl (C=O) groups is 1. The summed E-state index contributed by atoms with van der Waals surface area (Å²) in [6.07, 6.45) is 6.17. The van der Waals surface area contributed by atoms with Gasteiger partial charge in [-0.05, 0) is 37.1 Å². The Labute approximate surface area is 148 Å². The largest absolute Gasteiger partial charge is 0.379 e. The molecule has 1 saturated heterocycles. The minimum absolute atomic E-state index is 0.0598. The van der Waals surface area contributed by atoms with Gasteiger partial charge in [0, 0.05) is 43.3 Å². The Morgan fingerprint density at radius 2 is 2.12 bits per heavy atom. The standard InChI is InChI=1S/C20H25N3O2/c1-16(9-11-23-12-14-25-15-13-23)22-20(24)7-6-17-8-10-21-19-5-3-2-4-18(17)19/h2-8,10,16H,9,11-15H2,1H3,(H,22,24)/b7-6-/t16-/m1/s1. The van der Waals surface area contributed by atoms with Crippen molar-refractivity contribution in [3.05, 3.63) is 48.2 Å². The SMILES string of the molecule is C[C@H](CCN1CCOCC1)NC(=O)/C=C\c1ccnc2ccccc12. The van der Waals surface area contributed by atoms with Crippen LogP contribution in [0.25, 0.3) is 17.0 Å². The Morgan fingerprint density at radius 1 is 1.32 bits per heavy atom. The van der Waals surface area contributed by atoms with Crippen LogP contribution in [0.3, 0.4) is 0 Å². The third kappa shape index (κ3) is 5.11. The van der Waals surface area contributed by atoms with E-state index in [9.17, 15) is 4.79 Å². The number of hydrogen-bond acceptors (Lipinski definition) is 4. The molecule has 1 aromatic carbocycles. The van der Waals surface area contributed by atoms with Gasteiger partial charge in [-0.2, -0.15) is 0 Å². The van der Waals surface area contributed by atoms with Crippen molar-refractivity contribution in [3.8, 4) is 0 Å². The first-order valence-electron chi connectivity index (χ1n) is 8.85. The summed E-state index contributed by atoms with van der Waals surface area (Å²) in [5, 5.41) is 4.09. The van der Waals surface area contributed by atoms with Gasteiger partial charge in [-0.3, -0.25) is 14.7 Å². The van der Waals surface area contributed by atoms with Crippen molar-refractivity contribution in [1.82, 2.24) is 15.2 Å². The van der Waals surface area contributed by atoms with E-state index in [0.717, 1.165) is 55.7 Å². The molecule has 5 heteroatoms. The fourth-order valence-electron chi connectivity index (χ4n) is 2.99. The zero-order valence-electron chi connectivity index (χ0n) is 14.6. The van der Waals surface area contributed by atoms with E-state index in [0.29, 0.717) is 0 Å². The zero-order valence-corrected chi connectivity index (χ0v) is 14.6. The quantitative estimate of drug-likeness (QED) is 0.822. The van der Waals surface area contributed by atoms with Crippen molar-refractivity contribution in [2.75, 3.05) is 32.8 Å². The maximum atomic E-state index is 12.2. The molecule has 132 valence electrons. The predicted molar refractivity (Wildman–Crippen MR) is 100 cm³/mol. The highest BCUT2D eigenvalue weighted by molar-refractivity contribution is 5.95. The highest BCUT2D eigenvalue weighted by atomic mass is 16.5. The van der Waals surface area contributed by atoms with Crippen LogP contribution in [0.4, 0.5) is 0 Å². The Kier molecular flexibility index (Phi) is 6.14. The summed E-state index contributed by atoms with van der Waals surface area (Å²) in [7, 11) is 0. The number of para-hydroxylation sites is 1. The Hall–Kier alpha value is -2.24. The number of carbonyl (C=O) groups excluding carboxylic acids is 1. The van der Waals surface area contributed by atoms with Gasteiger partial charge in [0.05, 0.1) is 18.7 Å². The van der Waals surface area contributed by atoms with Crippen LogP contribution in [-0.4, -0.2) is 54.7 Å². The molecule has 0 unspecified atom stereocenters. The van der Waals surface area contributed by atoms with Crippen LogP contribution >= 0.6 is 0 Å². The van der Waals surface area contributed by atoms with E-state index in [1.165, 1.54) is 0 Å². The molecular formula is C20H25N3O2. The number of aromatic nitrogens is 1. The molecule has 1 atom stereocenters. The average molecular weight is 339 g/mol. The van der Waals surface area contributed by atoms with Gasteiger partial charge in [-0.15, -0.1) is 0 Å². The minimum atomic E-state index is -0.0598. The zero-order chi connectivity index (χ0) is 17.5. The number of amides is 1. The topological polar surface area (TPSA) is 54.5 Å². The fourth-order valence-corrected chi connectivity index (χ4v) is 2.99. The number of fused-ring (bicyclic) bond motifs is 1. The molecule has 1 aliphatic rings. The van der Waals surface area contributed by atoms with Gasteiger partial charge < -0.3 is 10.1 Å². The van der Waals surface area contributed by atoms with Crippen molar-refractivity contribution in [2.45, 2.75) is 19.4 Å². The highest BCUT2D eigenvalue weighted by Crippen LogP contribution is 2.17. The summed E-state index contributed by atoms with van der Waals surface area (Å²) in [5.74, 6) is -0.0598. The second kappa shape index (κ2) is 8.74. The molecule has 2 aromatic rings. The Morgan fingerprint density at radius 3 is 2.96 bits per heavy atom. The van der Waals surface area contributed by atoms with Gasteiger partial charge in [-0.1, -0.05) is 18.2 Å². The van der Waals surface area contributed by atoms with E-state index in [1.807, 2.05) is 43.3 Å². The number of nitrogens with zero attached hydrogens (tertiary/aromatic N) is 2. The summed E-state index contributed by atoms with van der Waals surface area (Å²) in [6, 6.07) is 10.0. The molecule has 1 aliphatic heterocycles. The first-order chi connectivity index (χ1) is 12.2. The van der Waals surface area contributed by atoms with Crippen molar-refractivity contribution in [2.24, 2.45) is 0 Å². The van der Waals surface area contributed by atoms with Gasteiger partial charge in [0.2, 0.25) is 5.91 Å². The van der Waals surface area contributed by atoms with E-state index in [1.54, 1.807) is 12.3 Å². The minimum Gasteiger partial charge on any atom is -0.379 e. The van der Waals surface area contributed by atoms with Crippen LogP contribution in [0.5, 0.6) is 0 Å².